The molecule has 0 unspecified atom stereocenters. The molecule has 158 valence electrons. The van der Waals surface area contributed by atoms with Gasteiger partial charge in [0.25, 0.3) is 0 Å². The van der Waals surface area contributed by atoms with E-state index >= 15 is 0 Å². The molecule has 8 aromatic rings. The van der Waals surface area contributed by atoms with E-state index in [0.717, 1.165) is 49.7 Å². The van der Waals surface area contributed by atoms with E-state index in [-0.39, 0.29) is 0 Å². The Morgan fingerprint density at radius 1 is 0.559 bits per heavy atom. The summed E-state index contributed by atoms with van der Waals surface area (Å²) in [6, 6.07) is 29.7. The number of fused-ring (bicyclic) bond motifs is 12. The highest BCUT2D eigenvalue weighted by molar-refractivity contribution is 6.29. The second kappa shape index (κ2) is 6.39. The lowest BCUT2D eigenvalue weighted by atomic mass is 10.0. The van der Waals surface area contributed by atoms with Crippen molar-refractivity contribution in [2.75, 3.05) is 0 Å². The smallest absolute Gasteiger partial charge is 0.148 e. The highest BCUT2D eigenvalue weighted by atomic mass is 15.1. The van der Waals surface area contributed by atoms with Gasteiger partial charge in [-0.3, -0.25) is 9.38 Å². The van der Waals surface area contributed by atoms with Gasteiger partial charge in [0, 0.05) is 39.6 Å². The van der Waals surface area contributed by atoms with Crippen LogP contribution in [0.25, 0.3) is 66.0 Å². The normalized spacial score (nSPS) is 12.1. The molecule has 5 aromatic heterocycles. The van der Waals surface area contributed by atoms with E-state index in [2.05, 4.69) is 86.7 Å². The minimum Gasteiger partial charge on any atom is -0.309 e. The average Bonchev–Trinajstić information content (AvgIpc) is 3.45. The molecule has 0 aliphatic rings. The minimum atomic E-state index is 0.895. The molecule has 0 fully saturated rings. The van der Waals surface area contributed by atoms with Crippen LogP contribution in [0.5, 0.6) is 0 Å². The molecule has 0 aliphatic heterocycles. The fourth-order valence-corrected chi connectivity index (χ4v) is 5.46. The number of hydrogen-bond acceptors (Lipinski definition) is 3. The summed E-state index contributed by atoms with van der Waals surface area (Å²) in [6.07, 6.45) is 5.52. The highest BCUT2D eigenvalue weighted by Crippen LogP contribution is 2.41. The third-order valence-corrected chi connectivity index (χ3v) is 6.82. The molecule has 0 aliphatic carbocycles. The van der Waals surface area contributed by atoms with Crippen LogP contribution >= 0.6 is 0 Å². The van der Waals surface area contributed by atoms with E-state index < -0.39 is 0 Å². The Hall–Kier alpha value is -4.77. The first-order valence-electron chi connectivity index (χ1n) is 11.3. The fraction of sp³-hybridized carbons (Fsp3) is 0. The van der Waals surface area contributed by atoms with Crippen LogP contribution in [0.15, 0.2) is 104 Å². The molecule has 0 amide bonds. The predicted molar refractivity (Wildman–Crippen MR) is 138 cm³/mol. The molecule has 5 heterocycles. The Morgan fingerprint density at radius 2 is 1.41 bits per heavy atom. The van der Waals surface area contributed by atoms with Crippen molar-refractivity contribution in [1.29, 1.82) is 0 Å². The lowest BCUT2D eigenvalue weighted by Gasteiger charge is -2.10. The number of rotatable bonds is 1. The van der Waals surface area contributed by atoms with Gasteiger partial charge >= 0.3 is 0 Å². The zero-order valence-corrected chi connectivity index (χ0v) is 18.1. The maximum Gasteiger partial charge on any atom is 0.148 e. The largest absolute Gasteiger partial charge is 0.309 e. The number of nitrogens with zero attached hydrogens (tertiary/aromatic N) is 5. The molecule has 3 aromatic carbocycles. The van der Waals surface area contributed by atoms with E-state index in [4.69, 9.17) is 9.97 Å². The van der Waals surface area contributed by atoms with Crippen molar-refractivity contribution in [3.8, 4) is 5.69 Å². The van der Waals surface area contributed by atoms with Gasteiger partial charge in [-0.15, -0.1) is 0 Å². The molecule has 0 atom stereocenters. The minimum absolute atomic E-state index is 0.895. The van der Waals surface area contributed by atoms with Crippen molar-refractivity contribution in [2.24, 2.45) is 0 Å². The van der Waals surface area contributed by atoms with Gasteiger partial charge in [0.15, 0.2) is 0 Å². The first-order chi connectivity index (χ1) is 16.9. The first kappa shape index (κ1) is 17.7. The molecule has 34 heavy (non-hydrogen) atoms. The van der Waals surface area contributed by atoms with Crippen molar-refractivity contribution in [3.63, 3.8) is 0 Å². The van der Waals surface area contributed by atoms with Gasteiger partial charge in [0.2, 0.25) is 0 Å². The number of imidazole rings is 1. The molecule has 8 rings (SSSR count). The van der Waals surface area contributed by atoms with Crippen molar-refractivity contribution in [3.05, 3.63) is 104 Å². The average molecular weight is 435 g/mol. The van der Waals surface area contributed by atoms with Crippen molar-refractivity contribution in [1.82, 2.24) is 23.9 Å². The summed E-state index contributed by atoms with van der Waals surface area (Å²) >= 11 is 0. The topological polar surface area (TPSA) is 48.0 Å². The molecule has 0 bridgehead atoms. The Kier molecular flexibility index (Phi) is 3.34. The second-order valence-electron chi connectivity index (χ2n) is 8.58. The summed E-state index contributed by atoms with van der Waals surface area (Å²) < 4.78 is 4.51. The fourth-order valence-electron chi connectivity index (χ4n) is 5.46. The molecule has 0 radical (unpaired) electrons. The van der Waals surface area contributed by atoms with Crippen LogP contribution in [0.1, 0.15) is 0 Å². The van der Waals surface area contributed by atoms with Crippen molar-refractivity contribution >= 4 is 60.3 Å². The monoisotopic (exact) mass is 435 g/mol. The number of aromatic nitrogens is 5. The lowest BCUT2D eigenvalue weighted by molar-refractivity contribution is 1.18. The van der Waals surface area contributed by atoms with Gasteiger partial charge in [-0.2, -0.15) is 0 Å². The third kappa shape index (κ3) is 2.16. The predicted octanol–water partition coefficient (Wildman–Crippen LogP) is 6.68. The van der Waals surface area contributed by atoms with Crippen LogP contribution in [-0.4, -0.2) is 23.9 Å². The molecule has 0 N–H and O–H groups in total. The van der Waals surface area contributed by atoms with E-state index in [0.29, 0.717) is 0 Å². The first-order valence-corrected chi connectivity index (χ1v) is 11.3. The van der Waals surface area contributed by atoms with Gasteiger partial charge < -0.3 is 4.57 Å². The van der Waals surface area contributed by atoms with Crippen LogP contribution < -0.4 is 0 Å². The summed E-state index contributed by atoms with van der Waals surface area (Å²) in [4.78, 5) is 14.3. The van der Waals surface area contributed by atoms with Gasteiger partial charge in [0.1, 0.15) is 11.3 Å². The number of hydrogen-bond donors (Lipinski definition) is 0. The van der Waals surface area contributed by atoms with Crippen LogP contribution in [0.3, 0.4) is 0 Å². The quantitative estimate of drug-likeness (QED) is 0.270. The van der Waals surface area contributed by atoms with E-state index in [1.54, 1.807) is 6.20 Å². The van der Waals surface area contributed by atoms with Crippen molar-refractivity contribution < 1.29 is 0 Å². The van der Waals surface area contributed by atoms with E-state index in [1.165, 1.54) is 16.3 Å². The van der Waals surface area contributed by atoms with E-state index in [9.17, 15) is 0 Å². The maximum atomic E-state index is 5.11. The van der Waals surface area contributed by atoms with Crippen LogP contribution in [-0.2, 0) is 0 Å². The van der Waals surface area contributed by atoms with Crippen LogP contribution in [0.4, 0.5) is 0 Å². The third-order valence-electron chi connectivity index (χ3n) is 6.82. The molecule has 5 heteroatoms. The molecular formula is C29H17N5. The SMILES string of the molecule is c1ccc(-n2c3ccccc3c3c4c(ccc32)c2cccnc2n2c3cnccc3nc42)cc1. The zero-order valence-electron chi connectivity index (χ0n) is 18.1. The van der Waals surface area contributed by atoms with E-state index in [1.807, 2.05) is 24.5 Å². The molecular weight excluding hydrogens is 418 g/mol. The summed E-state index contributed by atoms with van der Waals surface area (Å²) in [7, 11) is 0. The summed E-state index contributed by atoms with van der Waals surface area (Å²) in [5.41, 5.74) is 7.17. The Balaban J connectivity index is 1.73. The van der Waals surface area contributed by atoms with Gasteiger partial charge in [-0.1, -0.05) is 42.5 Å². The van der Waals surface area contributed by atoms with Crippen molar-refractivity contribution in [2.45, 2.75) is 0 Å². The highest BCUT2D eigenvalue weighted by Gasteiger charge is 2.20. The molecule has 5 nitrogen and oxygen atoms in total. The Bertz CT molecular complexity index is 2070. The van der Waals surface area contributed by atoms with Gasteiger partial charge in [-0.25, -0.2) is 9.97 Å². The van der Waals surface area contributed by atoms with Crippen LogP contribution in [0, 0.1) is 0 Å². The number of para-hydroxylation sites is 2. The standard InChI is InChI=1S/C29H17N5/c1-2-7-18(8-3-1)33-23-11-5-4-9-21(23)26-24(33)13-12-19-20-10-6-15-31-28(20)34-25-17-30-16-14-22(25)32-29(34)27(19)26/h1-17H. The Morgan fingerprint density at radius 3 is 2.35 bits per heavy atom. The number of benzene rings is 3. The molecule has 0 spiro atoms. The second-order valence-corrected chi connectivity index (χ2v) is 8.58. The number of pyridine rings is 3. The zero-order chi connectivity index (χ0) is 22.2. The van der Waals surface area contributed by atoms with Crippen LogP contribution in [0.2, 0.25) is 0 Å². The molecule has 0 saturated carbocycles. The van der Waals surface area contributed by atoms with Gasteiger partial charge in [-0.05, 0) is 47.9 Å². The summed E-state index contributed by atoms with van der Waals surface area (Å²) in [5.74, 6) is 0. The Labute approximate surface area is 193 Å². The maximum absolute atomic E-state index is 5.11. The van der Waals surface area contributed by atoms with Gasteiger partial charge in [0.05, 0.1) is 28.3 Å². The summed E-state index contributed by atoms with van der Waals surface area (Å²) in [5, 5.41) is 5.81. The summed E-state index contributed by atoms with van der Waals surface area (Å²) in [6.45, 7) is 0. The lowest BCUT2D eigenvalue weighted by Crippen LogP contribution is -1.95. The molecule has 0 saturated heterocycles.